The smallest absolute Gasteiger partial charge is 0.381 e. The van der Waals surface area contributed by atoms with Gasteiger partial charge in [-0.25, -0.2) is 15.1 Å². The Bertz CT molecular complexity index is 1240. The average Bonchev–Trinajstić information content (AvgIpc) is 2.84. The second-order valence-corrected chi connectivity index (χ2v) is 8.33. The second kappa shape index (κ2) is 10.4. The molecule has 0 atom stereocenters. The monoisotopic (exact) mass is 490 g/mol. The summed E-state index contributed by atoms with van der Waals surface area (Å²) in [4.78, 5) is 35.6. The molecule has 4 rings (SSSR count). The number of alkyl halides is 3. The maximum absolute atomic E-state index is 12.7. The zero-order chi connectivity index (χ0) is 25.0. The summed E-state index contributed by atoms with van der Waals surface area (Å²) in [7, 11) is 0. The lowest BCUT2D eigenvalue weighted by Gasteiger charge is -2.34. The van der Waals surface area contributed by atoms with E-state index in [0.29, 0.717) is 44.6 Å². The number of anilines is 1. The van der Waals surface area contributed by atoms with Crippen molar-refractivity contribution in [1.82, 2.24) is 25.1 Å². The highest BCUT2D eigenvalue weighted by Crippen LogP contribution is 2.28. The van der Waals surface area contributed by atoms with Crippen molar-refractivity contribution in [2.45, 2.75) is 25.9 Å². The van der Waals surface area contributed by atoms with Gasteiger partial charge in [-0.2, -0.15) is 18.3 Å². The molecule has 3 aromatic rings. The molecule has 3 heterocycles. The SMILES string of the molecule is Cc1cc(CCOCCC(=O)N2CCN(c3ncc(C(F)(F)F)cn3)CC2)c2cn[nH]c(=O)c2c1. The van der Waals surface area contributed by atoms with Crippen LogP contribution >= 0.6 is 0 Å². The van der Waals surface area contributed by atoms with Crippen LogP contribution in [0.2, 0.25) is 0 Å². The molecule has 1 aliphatic heterocycles. The lowest BCUT2D eigenvalue weighted by atomic mass is 10.0. The number of aromatic nitrogens is 4. The number of piperazine rings is 1. The van der Waals surface area contributed by atoms with Crippen molar-refractivity contribution in [2.75, 3.05) is 44.3 Å². The van der Waals surface area contributed by atoms with Crippen LogP contribution in [-0.2, 0) is 22.1 Å². The third kappa shape index (κ3) is 5.94. The number of halogens is 3. The highest BCUT2D eigenvalue weighted by Gasteiger charge is 2.32. The van der Waals surface area contributed by atoms with Gasteiger partial charge in [0.05, 0.1) is 36.8 Å². The molecule has 1 aromatic carbocycles. The van der Waals surface area contributed by atoms with Crippen LogP contribution in [0, 0.1) is 6.92 Å². The molecular formula is C23H25F3N6O3. The number of H-pyrrole nitrogens is 1. The first-order valence-corrected chi connectivity index (χ1v) is 11.2. The molecule has 0 saturated carbocycles. The van der Waals surface area contributed by atoms with Crippen molar-refractivity contribution in [1.29, 1.82) is 0 Å². The Morgan fingerprint density at radius 1 is 1.06 bits per heavy atom. The number of amides is 1. The third-order valence-corrected chi connectivity index (χ3v) is 5.87. The van der Waals surface area contributed by atoms with E-state index in [1.54, 1.807) is 16.0 Å². The summed E-state index contributed by atoms with van der Waals surface area (Å²) in [5.74, 6) is 0.170. The average molecular weight is 490 g/mol. The molecule has 12 heteroatoms. The lowest BCUT2D eigenvalue weighted by Crippen LogP contribution is -2.49. The predicted molar refractivity (Wildman–Crippen MR) is 122 cm³/mol. The van der Waals surface area contributed by atoms with Crippen molar-refractivity contribution < 1.29 is 22.7 Å². The van der Waals surface area contributed by atoms with Gasteiger partial charge in [-0.15, -0.1) is 0 Å². The summed E-state index contributed by atoms with van der Waals surface area (Å²) in [5.41, 5.74) is 0.812. The Morgan fingerprint density at radius 3 is 2.46 bits per heavy atom. The number of benzene rings is 1. The minimum absolute atomic E-state index is 0.0465. The van der Waals surface area contributed by atoms with Crippen LogP contribution in [0.15, 0.2) is 35.5 Å². The summed E-state index contributed by atoms with van der Waals surface area (Å²) < 4.78 is 43.7. The number of carbonyl (C=O) groups is 1. The normalized spacial score (nSPS) is 14.5. The van der Waals surface area contributed by atoms with Crippen molar-refractivity contribution in [3.8, 4) is 0 Å². The highest BCUT2D eigenvalue weighted by molar-refractivity contribution is 5.84. The number of hydrogen-bond acceptors (Lipinski definition) is 7. The molecule has 0 unspecified atom stereocenters. The van der Waals surface area contributed by atoms with Gasteiger partial charge in [-0.1, -0.05) is 11.6 Å². The van der Waals surface area contributed by atoms with Gasteiger partial charge in [0, 0.05) is 44.0 Å². The summed E-state index contributed by atoms with van der Waals surface area (Å²) >= 11 is 0. The van der Waals surface area contributed by atoms with Gasteiger partial charge in [-0.05, 0) is 25.0 Å². The van der Waals surface area contributed by atoms with Gasteiger partial charge in [0.15, 0.2) is 0 Å². The van der Waals surface area contributed by atoms with E-state index in [1.165, 1.54) is 0 Å². The zero-order valence-electron chi connectivity index (χ0n) is 19.1. The van der Waals surface area contributed by atoms with E-state index in [2.05, 4.69) is 20.2 Å². The van der Waals surface area contributed by atoms with Gasteiger partial charge in [0.1, 0.15) is 0 Å². The first-order valence-electron chi connectivity index (χ1n) is 11.2. The van der Waals surface area contributed by atoms with Gasteiger partial charge < -0.3 is 14.5 Å². The maximum atomic E-state index is 12.7. The first kappa shape index (κ1) is 24.6. The zero-order valence-corrected chi connectivity index (χ0v) is 19.1. The number of fused-ring (bicyclic) bond motifs is 1. The van der Waals surface area contributed by atoms with E-state index in [1.807, 2.05) is 19.1 Å². The van der Waals surface area contributed by atoms with E-state index in [0.717, 1.165) is 28.9 Å². The van der Waals surface area contributed by atoms with Crippen LogP contribution in [-0.4, -0.2) is 70.4 Å². The first-order chi connectivity index (χ1) is 16.7. The Balaban J connectivity index is 1.20. The van der Waals surface area contributed by atoms with E-state index < -0.39 is 11.7 Å². The molecule has 2 aromatic heterocycles. The number of aromatic amines is 1. The number of rotatable bonds is 7. The van der Waals surface area contributed by atoms with Gasteiger partial charge >= 0.3 is 6.18 Å². The number of nitrogens with zero attached hydrogens (tertiary/aromatic N) is 5. The van der Waals surface area contributed by atoms with Gasteiger partial charge in [-0.3, -0.25) is 9.59 Å². The molecule has 186 valence electrons. The topological polar surface area (TPSA) is 104 Å². The fourth-order valence-corrected chi connectivity index (χ4v) is 4.02. The Hall–Kier alpha value is -3.54. The summed E-state index contributed by atoms with van der Waals surface area (Å²) in [6, 6.07) is 3.82. The van der Waals surface area contributed by atoms with Crippen LogP contribution in [0.4, 0.5) is 19.1 Å². The predicted octanol–water partition coefficient (Wildman–Crippen LogP) is 2.34. The van der Waals surface area contributed by atoms with E-state index >= 15 is 0 Å². The van der Waals surface area contributed by atoms with E-state index in [9.17, 15) is 22.8 Å². The molecule has 0 radical (unpaired) electrons. The number of aryl methyl sites for hydroxylation is 1. The Labute approximate surface area is 198 Å². The summed E-state index contributed by atoms with van der Waals surface area (Å²) in [6.07, 6.45) is -0.493. The fraction of sp³-hybridized carbons (Fsp3) is 0.435. The number of ether oxygens (including phenoxy) is 1. The molecule has 0 spiro atoms. The lowest BCUT2D eigenvalue weighted by molar-refractivity contribution is -0.138. The standard InChI is InChI=1S/C23H25F3N6O3/c1-15-10-16(19-14-29-30-21(34)18(19)11-15)2-8-35-9-3-20(33)31-4-6-32(7-5-31)22-27-12-17(13-28-22)23(24,25)26/h10-14H,2-9H2,1H3,(H,30,34). The molecule has 0 bridgehead atoms. The number of nitrogens with one attached hydrogen (secondary N) is 1. The quantitative estimate of drug-likeness (QED) is 0.507. The molecule has 1 fully saturated rings. The van der Waals surface area contributed by atoms with Crippen LogP contribution in [0.5, 0.6) is 0 Å². The molecule has 9 nitrogen and oxygen atoms in total. The van der Waals surface area contributed by atoms with Crippen LogP contribution < -0.4 is 10.5 Å². The molecule has 35 heavy (non-hydrogen) atoms. The van der Waals surface area contributed by atoms with Crippen LogP contribution in [0.1, 0.15) is 23.1 Å². The van der Waals surface area contributed by atoms with Gasteiger partial charge in [0.25, 0.3) is 5.56 Å². The third-order valence-electron chi connectivity index (χ3n) is 5.87. The van der Waals surface area contributed by atoms with E-state index in [-0.39, 0.29) is 30.4 Å². The van der Waals surface area contributed by atoms with Crippen LogP contribution in [0.3, 0.4) is 0 Å². The maximum Gasteiger partial charge on any atom is 0.419 e. The summed E-state index contributed by atoms with van der Waals surface area (Å²) in [5, 5.41) is 7.69. The molecule has 1 amide bonds. The van der Waals surface area contributed by atoms with Gasteiger partial charge in [0.2, 0.25) is 11.9 Å². The van der Waals surface area contributed by atoms with Crippen LogP contribution in [0.25, 0.3) is 10.8 Å². The molecular weight excluding hydrogens is 465 g/mol. The Kier molecular flexibility index (Phi) is 7.29. The molecule has 0 aliphatic carbocycles. The number of carbonyl (C=O) groups excluding carboxylic acids is 1. The summed E-state index contributed by atoms with van der Waals surface area (Å²) in [6.45, 7) is 4.32. The minimum Gasteiger partial charge on any atom is -0.381 e. The Morgan fingerprint density at radius 2 is 1.77 bits per heavy atom. The van der Waals surface area contributed by atoms with E-state index in [4.69, 9.17) is 4.74 Å². The molecule has 1 saturated heterocycles. The highest BCUT2D eigenvalue weighted by atomic mass is 19.4. The van der Waals surface area contributed by atoms with Crippen molar-refractivity contribution in [3.63, 3.8) is 0 Å². The van der Waals surface area contributed by atoms with Crippen molar-refractivity contribution >= 4 is 22.6 Å². The van der Waals surface area contributed by atoms with Crippen molar-refractivity contribution in [3.05, 3.63) is 57.8 Å². The molecule has 1 aliphatic rings. The van der Waals surface area contributed by atoms with Crippen molar-refractivity contribution in [2.24, 2.45) is 0 Å². The molecule has 1 N–H and O–H groups in total. The minimum atomic E-state index is -4.48. The second-order valence-electron chi connectivity index (χ2n) is 8.33. The fourth-order valence-electron chi connectivity index (χ4n) is 4.02. The largest absolute Gasteiger partial charge is 0.419 e. The number of hydrogen-bond donors (Lipinski definition) is 1.